The van der Waals surface area contributed by atoms with E-state index >= 15 is 0 Å². The average Bonchev–Trinajstić information content (AvgIpc) is 3.54. The quantitative estimate of drug-likeness (QED) is 0.196. The zero-order valence-electron chi connectivity index (χ0n) is 25.5. The second-order valence-electron chi connectivity index (χ2n) is 12.0. The molecule has 2 aromatic heterocycles. The maximum atomic E-state index is 6.49. The number of benzene rings is 5. The van der Waals surface area contributed by atoms with Gasteiger partial charge in [0.25, 0.3) is 0 Å². The van der Waals surface area contributed by atoms with Gasteiger partial charge in [0.2, 0.25) is 0 Å². The van der Waals surface area contributed by atoms with Crippen molar-refractivity contribution in [3.63, 3.8) is 0 Å². The number of ether oxygens (including phenoxy) is 1. The molecule has 0 amide bonds. The Balaban J connectivity index is 1.18. The van der Waals surface area contributed by atoms with Crippen LogP contribution in [-0.2, 0) is 0 Å². The van der Waals surface area contributed by atoms with Crippen molar-refractivity contribution < 1.29 is 4.74 Å². The Labute approximate surface area is 273 Å². The van der Waals surface area contributed by atoms with Crippen LogP contribution in [0.4, 0.5) is 0 Å². The van der Waals surface area contributed by atoms with Gasteiger partial charge in [-0.2, -0.15) is 0 Å². The van der Waals surface area contributed by atoms with Crippen molar-refractivity contribution in [3.8, 4) is 50.5 Å². The lowest BCUT2D eigenvalue weighted by Gasteiger charge is -2.18. The average molecular weight is 604 g/mol. The Morgan fingerprint density at radius 2 is 1.34 bits per heavy atom. The summed E-state index contributed by atoms with van der Waals surface area (Å²) < 4.78 is 6.49. The Bertz CT molecular complexity index is 2350. The highest BCUT2D eigenvalue weighted by molar-refractivity contribution is 5.97. The molecular formula is C43H29N3O. The van der Waals surface area contributed by atoms with E-state index in [1.807, 2.05) is 24.4 Å². The number of hydrogen-bond acceptors (Lipinski definition) is 4. The number of pyridine rings is 1. The summed E-state index contributed by atoms with van der Waals surface area (Å²) in [7, 11) is 0. The van der Waals surface area contributed by atoms with Crippen molar-refractivity contribution in [1.82, 2.24) is 15.0 Å². The summed E-state index contributed by atoms with van der Waals surface area (Å²) >= 11 is 0. The maximum Gasteiger partial charge on any atom is 0.163 e. The van der Waals surface area contributed by atoms with Gasteiger partial charge in [-0.3, -0.25) is 4.98 Å². The van der Waals surface area contributed by atoms with Crippen LogP contribution < -0.4 is 4.74 Å². The minimum Gasteiger partial charge on any atom is -0.460 e. The van der Waals surface area contributed by atoms with E-state index < -0.39 is 0 Å². The smallest absolute Gasteiger partial charge is 0.163 e. The topological polar surface area (TPSA) is 47.9 Å². The van der Waals surface area contributed by atoms with Crippen LogP contribution in [0.15, 0.2) is 164 Å². The van der Waals surface area contributed by atoms with Crippen molar-refractivity contribution in [1.29, 1.82) is 0 Å². The second kappa shape index (κ2) is 11.3. The SMILES string of the molecule is C1=CC(c2nc(-c3ccc(-c4cccc5ccccc45)cc3)cc(-c3cccc(-c4cccnc4)c3)n2)=C2Oc3ccccc3C2C1. The zero-order valence-corrected chi connectivity index (χ0v) is 25.5. The third kappa shape index (κ3) is 4.91. The molecule has 3 heterocycles. The van der Waals surface area contributed by atoms with Crippen molar-refractivity contribution in [2.75, 3.05) is 0 Å². The van der Waals surface area contributed by atoms with Gasteiger partial charge in [0.05, 0.1) is 22.9 Å². The first kappa shape index (κ1) is 27.2. The lowest BCUT2D eigenvalue weighted by molar-refractivity contribution is 0.428. The van der Waals surface area contributed by atoms with Crippen LogP contribution in [-0.4, -0.2) is 15.0 Å². The normalized spacial score (nSPS) is 14.9. The van der Waals surface area contributed by atoms with E-state index in [9.17, 15) is 0 Å². The Morgan fingerprint density at radius 3 is 2.23 bits per heavy atom. The van der Waals surface area contributed by atoms with Crippen LogP contribution in [0.25, 0.3) is 61.1 Å². The van der Waals surface area contributed by atoms with Gasteiger partial charge in [-0.05, 0) is 58.1 Å². The molecule has 7 aromatic rings. The predicted molar refractivity (Wildman–Crippen MR) is 190 cm³/mol. The van der Waals surface area contributed by atoms with E-state index in [-0.39, 0.29) is 5.92 Å². The van der Waals surface area contributed by atoms with E-state index in [0.717, 1.165) is 57.1 Å². The molecule has 4 nitrogen and oxygen atoms in total. The lowest BCUT2D eigenvalue weighted by atomic mass is 9.89. The van der Waals surface area contributed by atoms with Gasteiger partial charge in [-0.1, -0.05) is 121 Å². The molecule has 0 N–H and O–H groups in total. The van der Waals surface area contributed by atoms with Crippen LogP contribution in [0.5, 0.6) is 5.75 Å². The van der Waals surface area contributed by atoms with Gasteiger partial charge in [0.15, 0.2) is 5.82 Å². The van der Waals surface area contributed by atoms with Crippen molar-refractivity contribution >= 4 is 16.3 Å². The summed E-state index contributed by atoms with van der Waals surface area (Å²) in [6, 6.07) is 46.6. The summed E-state index contributed by atoms with van der Waals surface area (Å²) in [5.74, 6) is 2.66. The van der Waals surface area contributed by atoms with Crippen LogP contribution >= 0.6 is 0 Å². The van der Waals surface area contributed by atoms with E-state index in [1.165, 1.54) is 27.5 Å². The third-order valence-corrected chi connectivity index (χ3v) is 9.15. The Hall–Kier alpha value is -6.13. The highest BCUT2D eigenvalue weighted by Gasteiger charge is 2.34. The number of rotatable bonds is 5. The van der Waals surface area contributed by atoms with Gasteiger partial charge in [0.1, 0.15) is 11.5 Å². The molecule has 1 atom stereocenters. The molecule has 1 aliphatic heterocycles. The molecule has 0 spiro atoms. The van der Waals surface area contributed by atoms with Crippen molar-refractivity contribution in [3.05, 3.63) is 175 Å². The summed E-state index contributed by atoms with van der Waals surface area (Å²) in [5.41, 5.74) is 10.4. The Kier molecular flexibility index (Phi) is 6.57. The summed E-state index contributed by atoms with van der Waals surface area (Å²) in [5, 5.41) is 2.48. The molecule has 47 heavy (non-hydrogen) atoms. The molecule has 0 bridgehead atoms. The first-order valence-electron chi connectivity index (χ1n) is 15.9. The second-order valence-corrected chi connectivity index (χ2v) is 12.0. The van der Waals surface area contributed by atoms with Crippen molar-refractivity contribution in [2.24, 2.45) is 0 Å². The van der Waals surface area contributed by atoms with Gasteiger partial charge in [-0.15, -0.1) is 0 Å². The van der Waals surface area contributed by atoms with Crippen LogP contribution in [0.1, 0.15) is 23.7 Å². The molecule has 0 radical (unpaired) electrons. The van der Waals surface area contributed by atoms with Gasteiger partial charge < -0.3 is 4.74 Å². The standard InChI is InChI=1S/C43H29N3O/c1-2-14-34-28(9-1)10-6-16-35(34)29-20-22-30(23-21-29)39-26-40(32-12-5-11-31(25-32)33-13-8-24-44-27-33)46-43(45-39)38-18-7-17-37-36-15-3-4-19-41(36)47-42(37)38/h1-16,18-27,37H,17H2. The van der Waals surface area contributed by atoms with Crippen LogP contribution in [0.2, 0.25) is 0 Å². The van der Waals surface area contributed by atoms with E-state index in [1.54, 1.807) is 6.20 Å². The van der Waals surface area contributed by atoms with E-state index in [0.29, 0.717) is 5.82 Å². The van der Waals surface area contributed by atoms with Crippen LogP contribution in [0, 0.1) is 0 Å². The molecule has 0 fully saturated rings. The number of fused-ring (bicyclic) bond motifs is 4. The molecule has 0 saturated heterocycles. The highest BCUT2D eigenvalue weighted by atomic mass is 16.5. The highest BCUT2D eigenvalue weighted by Crippen LogP contribution is 2.47. The molecule has 4 heteroatoms. The number of nitrogens with zero attached hydrogens (tertiary/aromatic N) is 3. The first-order chi connectivity index (χ1) is 23.3. The summed E-state index contributed by atoms with van der Waals surface area (Å²) in [6.07, 6.45) is 8.92. The molecule has 2 aliphatic rings. The number of hydrogen-bond donors (Lipinski definition) is 0. The van der Waals surface area contributed by atoms with E-state index in [4.69, 9.17) is 14.7 Å². The van der Waals surface area contributed by atoms with E-state index in [2.05, 4.69) is 132 Å². The molecular weight excluding hydrogens is 574 g/mol. The number of para-hydroxylation sites is 1. The predicted octanol–water partition coefficient (Wildman–Crippen LogP) is 10.5. The number of aromatic nitrogens is 3. The third-order valence-electron chi connectivity index (χ3n) is 9.15. The molecule has 1 unspecified atom stereocenters. The zero-order chi connectivity index (χ0) is 31.2. The Morgan fingerprint density at radius 1 is 0.596 bits per heavy atom. The summed E-state index contributed by atoms with van der Waals surface area (Å²) in [6.45, 7) is 0. The van der Waals surface area contributed by atoms with Crippen LogP contribution in [0.3, 0.4) is 0 Å². The summed E-state index contributed by atoms with van der Waals surface area (Å²) in [4.78, 5) is 14.7. The van der Waals surface area contributed by atoms with Crippen molar-refractivity contribution in [2.45, 2.75) is 12.3 Å². The fraction of sp³-hybridized carbons (Fsp3) is 0.0465. The fourth-order valence-corrected chi connectivity index (χ4v) is 6.81. The van der Waals surface area contributed by atoms with Gasteiger partial charge in [0, 0.05) is 34.6 Å². The largest absolute Gasteiger partial charge is 0.460 e. The van der Waals surface area contributed by atoms with Gasteiger partial charge in [-0.25, -0.2) is 9.97 Å². The first-order valence-corrected chi connectivity index (χ1v) is 15.9. The molecule has 9 rings (SSSR count). The molecule has 0 saturated carbocycles. The number of allylic oxidation sites excluding steroid dienone is 4. The lowest BCUT2D eigenvalue weighted by Crippen LogP contribution is -2.08. The van der Waals surface area contributed by atoms with Gasteiger partial charge >= 0.3 is 0 Å². The molecule has 1 aliphatic carbocycles. The monoisotopic (exact) mass is 603 g/mol. The molecule has 5 aromatic carbocycles. The minimum absolute atomic E-state index is 0.163. The molecule has 222 valence electrons. The minimum atomic E-state index is 0.163. The fourth-order valence-electron chi connectivity index (χ4n) is 6.81. The maximum absolute atomic E-state index is 6.49.